The van der Waals surface area contributed by atoms with Crippen LogP contribution in [0, 0.1) is 0 Å². The second-order valence-electron chi connectivity index (χ2n) is 10.1. The van der Waals surface area contributed by atoms with Gasteiger partial charge in [-0.25, -0.2) is 4.98 Å². The molecule has 7 nitrogen and oxygen atoms in total. The van der Waals surface area contributed by atoms with Gasteiger partial charge >= 0.3 is 5.97 Å². The zero-order valence-electron chi connectivity index (χ0n) is 21.7. The molecule has 0 aliphatic carbocycles. The largest absolute Gasteiger partial charge is 0.460 e. The molecular formula is C31H31N5O2. The minimum atomic E-state index is -0.393. The van der Waals surface area contributed by atoms with E-state index in [0.29, 0.717) is 19.5 Å². The first kappa shape index (κ1) is 24.1. The SMILES string of the molecule is CC(C)N1Cc2c(nc(-c3n[nH]c4ccccc34)n2Cc2ccccc2)C[C@H]1C(=O)OCc1ccccc1. The van der Waals surface area contributed by atoms with E-state index in [2.05, 4.69) is 63.8 Å². The molecule has 7 heteroatoms. The molecule has 1 N–H and O–H groups in total. The van der Waals surface area contributed by atoms with Crippen LogP contribution < -0.4 is 0 Å². The molecule has 0 fully saturated rings. The molecular weight excluding hydrogens is 474 g/mol. The molecule has 6 rings (SSSR count). The van der Waals surface area contributed by atoms with Gasteiger partial charge in [-0.05, 0) is 31.0 Å². The summed E-state index contributed by atoms with van der Waals surface area (Å²) < 4.78 is 8.07. The Bertz CT molecular complexity index is 1560. The number of benzene rings is 3. The minimum absolute atomic E-state index is 0.159. The molecule has 0 saturated heterocycles. The average molecular weight is 506 g/mol. The number of carbonyl (C=O) groups is 1. The summed E-state index contributed by atoms with van der Waals surface area (Å²) in [7, 11) is 0. The van der Waals surface area contributed by atoms with Crippen LogP contribution in [-0.2, 0) is 35.6 Å². The molecule has 0 amide bonds. The summed E-state index contributed by atoms with van der Waals surface area (Å²) in [6.07, 6.45) is 0.498. The lowest BCUT2D eigenvalue weighted by atomic mass is 10.0. The summed E-state index contributed by atoms with van der Waals surface area (Å²) >= 11 is 0. The molecule has 0 unspecified atom stereocenters. The summed E-state index contributed by atoms with van der Waals surface area (Å²) in [6.45, 7) is 5.81. The zero-order valence-corrected chi connectivity index (χ0v) is 21.7. The van der Waals surface area contributed by atoms with E-state index in [9.17, 15) is 4.79 Å². The van der Waals surface area contributed by atoms with Crippen molar-refractivity contribution in [2.24, 2.45) is 0 Å². The Morgan fingerprint density at radius 2 is 1.66 bits per heavy atom. The molecule has 0 spiro atoms. The van der Waals surface area contributed by atoms with Gasteiger partial charge in [0, 0.05) is 30.9 Å². The van der Waals surface area contributed by atoms with E-state index >= 15 is 0 Å². The van der Waals surface area contributed by atoms with Crippen molar-refractivity contribution in [3.63, 3.8) is 0 Å². The molecule has 5 aromatic rings. The molecule has 192 valence electrons. The fourth-order valence-electron chi connectivity index (χ4n) is 5.30. The quantitative estimate of drug-likeness (QED) is 0.302. The first-order valence-electron chi connectivity index (χ1n) is 13.1. The summed E-state index contributed by atoms with van der Waals surface area (Å²) in [6, 6.07) is 28.1. The van der Waals surface area contributed by atoms with Crippen LogP contribution in [0.4, 0.5) is 0 Å². The third-order valence-electron chi connectivity index (χ3n) is 7.30. The number of para-hydroxylation sites is 1. The predicted molar refractivity (Wildman–Crippen MR) is 147 cm³/mol. The Morgan fingerprint density at radius 3 is 2.39 bits per heavy atom. The highest BCUT2D eigenvalue weighted by Crippen LogP contribution is 2.33. The topological polar surface area (TPSA) is 76.0 Å². The molecule has 0 saturated carbocycles. The van der Waals surface area contributed by atoms with Crippen molar-refractivity contribution in [1.29, 1.82) is 0 Å². The fraction of sp³-hybridized carbons (Fsp3) is 0.258. The lowest BCUT2D eigenvalue weighted by Gasteiger charge is -2.37. The van der Waals surface area contributed by atoms with Crippen molar-refractivity contribution in [3.05, 3.63) is 107 Å². The van der Waals surface area contributed by atoms with Crippen LogP contribution in [-0.4, -0.2) is 42.7 Å². The van der Waals surface area contributed by atoms with Gasteiger partial charge in [-0.1, -0.05) is 78.9 Å². The number of hydrogen-bond acceptors (Lipinski definition) is 5. The number of aromatic nitrogens is 4. The number of aromatic amines is 1. The number of rotatable bonds is 7. The van der Waals surface area contributed by atoms with Crippen LogP contribution in [0.15, 0.2) is 84.9 Å². The maximum atomic E-state index is 13.4. The van der Waals surface area contributed by atoms with Crippen LogP contribution in [0.2, 0.25) is 0 Å². The number of carbonyl (C=O) groups excluding carboxylic acids is 1. The molecule has 0 bridgehead atoms. The lowest BCUT2D eigenvalue weighted by molar-refractivity contribution is -0.153. The Morgan fingerprint density at radius 1 is 0.974 bits per heavy atom. The van der Waals surface area contributed by atoms with Crippen molar-refractivity contribution in [2.75, 3.05) is 0 Å². The van der Waals surface area contributed by atoms with Crippen molar-refractivity contribution >= 4 is 16.9 Å². The highest BCUT2D eigenvalue weighted by molar-refractivity contribution is 5.91. The second-order valence-corrected chi connectivity index (χ2v) is 10.1. The van der Waals surface area contributed by atoms with Gasteiger partial charge in [-0.2, -0.15) is 5.10 Å². The number of nitrogens with zero attached hydrogens (tertiary/aromatic N) is 4. The number of imidazole rings is 1. The highest BCUT2D eigenvalue weighted by Gasteiger charge is 2.38. The van der Waals surface area contributed by atoms with Crippen molar-refractivity contribution in [3.8, 4) is 11.5 Å². The maximum Gasteiger partial charge on any atom is 0.324 e. The Labute approximate surface area is 222 Å². The predicted octanol–water partition coefficient (Wildman–Crippen LogP) is 5.35. The summed E-state index contributed by atoms with van der Waals surface area (Å²) in [4.78, 5) is 20.7. The second kappa shape index (κ2) is 10.3. The number of esters is 1. The van der Waals surface area contributed by atoms with Crippen molar-refractivity contribution < 1.29 is 9.53 Å². The van der Waals surface area contributed by atoms with Gasteiger partial charge < -0.3 is 9.30 Å². The standard InChI is InChI=1S/C31H31N5O2/c1-21(2)35-19-28-26(17-27(35)31(37)38-20-23-13-7-4-8-14-23)32-30(36(28)18-22-11-5-3-6-12-22)29-24-15-9-10-16-25(24)33-34-29/h3-16,21,27H,17-20H2,1-2H3,(H,33,34)/t27-/m0/s1. The van der Waals surface area contributed by atoms with E-state index in [4.69, 9.17) is 9.72 Å². The Balaban J connectivity index is 1.38. The molecule has 2 aromatic heterocycles. The van der Waals surface area contributed by atoms with Crippen molar-refractivity contribution in [1.82, 2.24) is 24.6 Å². The molecule has 1 atom stereocenters. The minimum Gasteiger partial charge on any atom is -0.460 e. The molecule has 1 aliphatic heterocycles. The average Bonchev–Trinajstić information content (AvgIpc) is 3.53. The van der Waals surface area contributed by atoms with Gasteiger partial charge in [0.25, 0.3) is 0 Å². The van der Waals surface area contributed by atoms with Gasteiger partial charge in [0.1, 0.15) is 18.3 Å². The molecule has 3 aromatic carbocycles. The Kier molecular flexibility index (Phi) is 6.52. The smallest absolute Gasteiger partial charge is 0.324 e. The van der Waals surface area contributed by atoms with Gasteiger partial charge in [0.05, 0.1) is 16.9 Å². The third kappa shape index (κ3) is 4.61. The van der Waals surface area contributed by atoms with E-state index in [0.717, 1.165) is 39.4 Å². The summed E-state index contributed by atoms with van der Waals surface area (Å²) in [5, 5.41) is 8.86. The zero-order chi connectivity index (χ0) is 26.1. The number of hydrogen-bond donors (Lipinski definition) is 1. The number of H-pyrrole nitrogens is 1. The maximum absolute atomic E-state index is 13.4. The number of ether oxygens (including phenoxy) is 1. The summed E-state index contributed by atoms with van der Waals surface area (Å²) in [5.41, 5.74) is 6.02. The van der Waals surface area contributed by atoms with Crippen molar-refractivity contribution in [2.45, 2.75) is 52.0 Å². The van der Waals surface area contributed by atoms with Gasteiger partial charge in [-0.15, -0.1) is 0 Å². The first-order chi connectivity index (χ1) is 18.6. The van der Waals surface area contributed by atoms with Crippen LogP contribution in [0.3, 0.4) is 0 Å². The molecule has 1 aliphatic rings. The van der Waals surface area contributed by atoms with Gasteiger partial charge in [0.2, 0.25) is 0 Å². The third-order valence-corrected chi connectivity index (χ3v) is 7.30. The monoisotopic (exact) mass is 505 g/mol. The van der Waals surface area contributed by atoms with Crippen LogP contribution >= 0.6 is 0 Å². The van der Waals surface area contributed by atoms with Crippen LogP contribution in [0.25, 0.3) is 22.4 Å². The van der Waals surface area contributed by atoms with E-state index in [-0.39, 0.29) is 18.6 Å². The fourth-order valence-corrected chi connectivity index (χ4v) is 5.30. The van der Waals surface area contributed by atoms with Crippen LogP contribution in [0.5, 0.6) is 0 Å². The van der Waals surface area contributed by atoms with E-state index < -0.39 is 6.04 Å². The highest BCUT2D eigenvalue weighted by atomic mass is 16.5. The van der Waals surface area contributed by atoms with E-state index in [1.807, 2.05) is 54.6 Å². The van der Waals surface area contributed by atoms with E-state index in [1.165, 1.54) is 5.56 Å². The van der Waals surface area contributed by atoms with Gasteiger partial charge in [0.15, 0.2) is 5.82 Å². The number of nitrogens with one attached hydrogen (secondary N) is 1. The summed E-state index contributed by atoms with van der Waals surface area (Å²) in [5.74, 6) is 0.607. The molecule has 0 radical (unpaired) electrons. The molecule has 38 heavy (non-hydrogen) atoms. The first-order valence-corrected chi connectivity index (χ1v) is 13.1. The van der Waals surface area contributed by atoms with Gasteiger partial charge in [-0.3, -0.25) is 14.8 Å². The van der Waals surface area contributed by atoms with Crippen LogP contribution in [0.1, 0.15) is 36.4 Å². The number of fused-ring (bicyclic) bond motifs is 2. The lowest BCUT2D eigenvalue weighted by Crippen LogP contribution is -2.49. The normalized spacial score (nSPS) is 15.6. The molecule has 3 heterocycles. The van der Waals surface area contributed by atoms with E-state index in [1.54, 1.807) is 0 Å². The Hall–Kier alpha value is -4.23.